The van der Waals surface area contributed by atoms with Crippen LogP contribution in [0, 0.1) is 104 Å². The Labute approximate surface area is 314 Å². The third kappa shape index (κ3) is 33.8. The van der Waals surface area contributed by atoms with Crippen molar-refractivity contribution >= 4 is 19.6 Å². The number of aromatic nitrogens is 2. The zero-order valence-electron chi connectivity index (χ0n) is 21.3. The van der Waals surface area contributed by atoms with Crippen LogP contribution in [0.5, 0.6) is 0 Å². The van der Waals surface area contributed by atoms with Crippen LogP contribution >= 0.6 is 0 Å². The molecule has 1 heterocycles. The standard InChI is InChI=1S/C8H15N3OS.C5H12NOS.2C2H6.CH4.2CH3.2Ar.2Y/c1-4-7-13(12,9-2)11-6-5-10(3)8-11;1-4-5-8(3,7)6-2;2*1-2;;;;;;;/h5-6,8H,1,4,7H2,2-3H3;1,4-5H2,2-3H3;2*1-2H3;1H4;2*1H3;;;;/q;-1;;;;2*-1;;;;. The summed E-state index contributed by atoms with van der Waals surface area (Å²) < 4.78 is 34.2. The first-order chi connectivity index (χ1) is 11.7. The summed E-state index contributed by atoms with van der Waals surface area (Å²) in [6.07, 6.45) is 8.35. The summed E-state index contributed by atoms with van der Waals surface area (Å²) in [6.45, 7) is 15.3. The van der Waals surface area contributed by atoms with Crippen molar-refractivity contribution in [1.29, 1.82) is 0 Å². The van der Waals surface area contributed by atoms with Gasteiger partial charge in [0, 0.05) is 182 Å². The van der Waals surface area contributed by atoms with Crippen molar-refractivity contribution in [3.05, 3.63) is 47.4 Å². The molecule has 0 saturated carbocycles. The second-order valence-electron chi connectivity index (χ2n) is 4.49. The SMILES string of the molecule is C.CC.CC.[Ar].[Ar].[CH2-]CCS(=O)(=NC)n1cc[n+](C)c1.[CH2-]CCS(C)(=O)=NC.[CH3-].[CH3-].[Y].[Y]. The van der Waals surface area contributed by atoms with Crippen molar-refractivity contribution < 1.29 is 154 Å². The molecule has 2 atom stereocenters. The van der Waals surface area contributed by atoms with Gasteiger partial charge in [-0.1, -0.05) is 35.1 Å². The van der Waals surface area contributed by atoms with Crippen LogP contribution in [-0.2, 0) is 92.1 Å². The maximum atomic E-state index is 12.1. The Balaban J connectivity index is -0.0000000287. The minimum Gasteiger partial charge on any atom is -0.358 e. The molecule has 2 unspecified atom stereocenters. The van der Waals surface area contributed by atoms with Gasteiger partial charge in [-0.3, -0.25) is 4.21 Å². The Morgan fingerprint density at radius 3 is 1.47 bits per heavy atom. The van der Waals surface area contributed by atoms with E-state index in [1.165, 1.54) is 0 Å². The molecule has 0 aliphatic carbocycles. The van der Waals surface area contributed by atoms with Crippen LogP contribution < -0.4 is 4.57 Å². The molecule has 0 N–H and O–H groups in total. The van der Waals surface area contributed by atoms with Crippen molar-refractivity contribution in [1.82, 2.24) is 3.97 Å². The first kappa shape index (κ1) is 65.2. The van der Waals surface area contributed by atoms with Crippen LogP contribution in [-0.4, -0.2) is 44.2 Å². The van der Waals surface area contributed by atoms with E-state index in [1.807, 2.05) is 45.5 Å². The third-order valence-electron chi connectivity index (χ3n) is 2.68. The minimum atomic E-state index is -2.28. The molecule has 32 heavy (non-hydrogen) atoms. The molecule has 1 aromatic heterocycles. The molecule has 0 aliphatic rings. The van der Waals surface area contributed by atoms with Crippen LogP contribution in [0.3, 0.4) is 0 Å². The number of nitrogens with zero attached hydrogens (tertiary/aromatic N) is 4. The van der Waals surface area contributed by atoms with Gasteiger partial charge in [0.25, 0.3) is 6.33 Å². The zero-order valence-corrected chi connectivity index (χ0v) is 30.0. The van der Waals surface area contributed by atoms with Gasteiger partial charge in [-0.15, -0.1) is 3.97 Å². The van der Waals surface area contributed by atoms with Gasteiger partial charge in [0.05, 0.1) is 7.05 Å². The fourth-order valence-electron chi connectivity index (χ4n) is 1.43. The van der Waals surface area contributed by atoms with Crippen LogP contribution in [0.4, 0.5) is 0 Å². The molecule has 0 amide bonds. The van der Waals surface area contributed by atoms with Gasteiger partial charge in [-0.25, -0.2) is 17.5 Å². The quantitative estimate of drug-likeness (QED) is 0.324. The molecule has 0 fully saturated rings. The van der Waals surface area contributed by atoms with Crippen LogP contribution in [0.1, 0.15) is 48.0 Å². The van der Waals surface area contributed by atoms with E-state index < -0.39 is 19.6 Å². The molecule has 0 aromatic carbocycles. The number of hydrogen-bond donors (Lipinski definition) is 0. The molecular weight excluding hydrogens is 650 g/mol. The molecule has 0 aliphatic heterocycles. The van der Waals surface area contributed by atoms with E-state index in [2.05, 4.69) is 22.6 Å². The van der Waals surface area contributed by atoms with E-state index in [0.717, 1.165) is 0 Å². The molecule has 1 aromatic rings. The van der Waals surface area contributed by atoms with Crippen LogP contribution in [0.2, 0.25) is 0 Å². The van der Waals surface area contributed by atoms with Crippen molar-refractivity contribution in [2.45, 2.75) is 48.0 Å². The zero-order chi connectivity index (χ0) is 20.5. The molecule has 0 bridgehead atoms. The van der Waals surface area contributed by atoms with Crippen molar-refractivity contribution in [3.63, 3.8) is 0 Å². The Hall–Kier alpha value is 3.84. The van der Waals surface area contributed by atoms with Gasteiger partial charge in [-0.05, 0) is 0 Å². The average molecular weight is 699 g/mol. The fourth-order valence-corrected chi connectivity index (χ4v) is 3.65. The minimum absolute atomic E-state index is 0. The van der Waals surface area contributed by atoms with E-state index in [9.17, 15) is 8.42 Å². The first-order valence-corrected chi connectivity index (χ1v) is 12.3. The summed E-state index contributed by atoms with van der Waals surface area (Å²) in [4.78, 5) is 0. The number of imidazole rings is 1. The summed E-state index contributed by atoms with van der Waals surface area (Å²) in [7, 11) is 0.914. The van der Waals surface area contributed by atoms with Crippen LogP contribution in [0.25, 0.3) is 0 Å². The van der Waals surface area contributed by atoms with E-state index in [-0.39, 0.29) is 163 Å². The molecule has 0 spiro atoms. The first-order valence-electron chi connectivity index (χ1n) is 8.57. The monoisotopic (exact) mass is 699 g/mol. The van der Waals surface area contributed by atoms with E-state index in [1.54, 1.807) is 36.8 Å². The maximum absolute atomic E-state index is 12.1. The van der Waals surface area contributed by atoms with Crippen molar-refractivity contribution in [2.75, 3.05) is 31.9 Å². The van der Waals surface area contributed by atoms with E-state index in [0.29, 0.717) is 24.3 Å². The summed E-state index contributed by atoms with van der Waals surface area (Å²) in [6, 6.07) is 0. The van der Waals surface area contributed by atoms with E-state index in [4.69, 9.17) is 0 Å². The number of rotatable bonds is 5. The van der Waals surface area contributed by atoms with Crippen molar-refractivity contribution in [2.24, 2.45) is 15.8 Å². The van der Waals surface area contributed by atoms with Crippen LogP contribution in [0.15, 0.2) is 27.4 Å². The molecule has 0 saturated heterocycles. The normalized spacial score (nSPS) is 10.9. The topological polar surface area (TPSA) is 67.7 Å². The Morgan fingerprint density at radius 2 is 1.28 bits per heavy atom. The Bertz CT molecular complexity index is 674. The predicted octanol–water partition coefficient (Wildman–Crippen LogP) is 4.92. The number of aryl methyl sites for hydroxylation is 1. The summed E-state index contributed by atoms with van der Waals surface area (Å²) in [5.41, 5.74) is 0. The van der Waals surface area contributed by atoms with Gasteiger partial charge in [0.2, 0.25) is 9.92 Å². The molecule has 1 rings (SSSR count). The number of hydrogen-bond acceptors (Lipinski definition) is 4. The molecule has 12 heteroatoms. The summed E-state index contributed by atoms with van der Waals surface area (Å²) in [5.74, 6) is 1.11. The van der Waals surface area contributed by atoms with Gasteiger partial charge < -0.3 is 28.7 Å². The van der Waals surface area contributed by atoms with Gasteiger partial charge in [0.15, 0.2) is 0 Å². The second-order valence-corrected chi connectivity index (χ2v) is 9.59. The van der Waals surface area contributed by atoms with Crippen molar-refractivity contribution in [3.8, 4) is 0 Å². The predicted molar refractivity (Wildman–Crippen MR) is 132 cm³/mol. The fraction of sp³-hybridized carbons (Fsp3) is 0.650. The van der Waals surface area contributed by atoms with Gasteiger partial charge in [0.1, 0.15) is 12.4 Å². The van der Waals surface area contributed by atoms with Gasteiger partial charge in [-0.2, -0.15) is 12.8 Å². The Morgan fingerprint density at radius 1 is 0.906 bits per heavy atom. The molecule has 6 nitrogen and oxygen atoms in total. The van der Waals surface area contributed by atoms with E-state index >= 15 is 0 Å². The average Bonchev–Trinajstić information content (AvgIpc) is 3.06. The Kier molecular flexibility index (Phi) is 85.4. The molecule has 198 valence electrons. The second kappa shape index (κ2) is 41.9. The van der Waals surface area contributed by atoms with Gasteiger partial charge >= 0.3 is 0 Å². The third-order valence-corrected chi connectivity index (χ3v) is 6.76. The summed E-state index contributed by atoms with van der Waals surface area (Å²) >= 11 is 0. The maximum Gasteiger partial charge on any atom is 0.257 e. The largest absolute Gasteiger partial charge is 0.358 e. The summed E-state index contributed by atoms with van der Waals surface area (Å²) in [5, 5.41) is 0. The smallest absolute Gasteiger partial charge is 0.257 e. The molecule has 2 radical (unpaired) electrons. The molecular formula is C20H49Ar2N4O2S2Y2-3.